The van der Waals surface area contributed by atoms with Crippen molar-refractivity contribution >= 4 is 22.0 Å². The summed E-state index contributed by atoms with van der Waals surface area (Å²) < 4.78 is 77.4. The summed E-state index contributed by atoms with van der Waals surface area (Å²) in [6.45, 7) is -0.0656. The standard InChI is InChI=1S/C27H27F3N2O5S/c1-36-24-14-8-20(17-25(24)37-2)9-15-26(33)31-18-22(16-19-6-4-3-5-7-19)32-38(34,35)23-12-10-21(11-13-23)27(28,29)30/h3-15,17,22,32H,16,18H2,1-2H3,(H,31,33)/b15-9+/t22-/m0/s1. The van der Waals surface area contributed by atoms with Crippen molar-refractivity contribution in [3.05, 3.63) is 95.6 Å². The van der Waals surface area contributed by atoms with Gasteiger partial charge in [-0.3, -0.25) is 4.79 Å². The molecule has 1 amide bonds. The van der Waals surface area contributed by atoms with Crippen LogP contribution >= 0.6 is 0 Å². The molecule has 0 fully saturated rings. The number of amides is 1. The van der Waals surface area contributed by atoms with E-state index in [2.05, 4.69) is 10.0 Å². The molecule has 0 radical (unpaired) electrons. The van der Waals surface area contributed by atoms with Gasteiger partial charge in [-0.15, -0.1) is 0 Å². The molecule has 0 aliphatic rings. The molecule has 2 N–H and O–H groups in total. The van der Waals surface area contributed by atoms with Gasteiger partial charge in [0.15, 0.2) is 11.5 Å². The zero-order valence-corrected chi connectivity index (χ0v) is 21.5. The molecule has 0 heterocycles. The van der Waals surface area contributed by atoms with Gasteiger partial charge in [0.2, 0.25) is 15.9 Å². The fraction of sp³-hybridized carbons (Fsp3) is 0.222. The minimum Gasteiger partial charge on any atom is -0.493 e. The second-order valence-electron chi connectivity index (χ2n) is 8.22. The highest BCUT2D eigenvalue weighted by Crippen LogP contribution is 2.30. The number of hydrogen-bond donors (Lipinski definition) is 2. The van der Waals surface area contributed by atoms with Crippen molar-refractivity contribution in [2.45, 2.75) is 23.5 Å². The van der Waals surface area contributed by atoms with E-state index in [1.807, 2.05) is 6.07 Å². The van der Waals surface area contributed by atoms with E-state index < -0.39 is 33.7 Å². The summed E-state index contributed by atoms with van der Waals surface area (Å²) in [6, 6.07) is 16.6. The quantitative estimate of drug-likeness (QED) is 0.346. The van der Waals surface area contributed by atoms with E-state index in [0.29, 0.717) is 29.2 Å². The number of ether oxygens (including phenoxy) is 2. The van der Waals surface area contributed by atoms with Crippen molar-refractivity contribution < 1.29 is 35.9 Å². The maximum atomic E-state index is 12.9. The number of nitrogens with one attached hydrogen (secondary N) is 2. The summed E-state index contributed by atoms with van der Waals surface area (Å²) in [5.41, 5.74) is 0.537. The second-order valence-corrected chi connectivity index (χ2v) is 9.94. The zero-order valence-electron chi connectivity index (χ0n) is 20.7. The fourth-order valence-electron chi connectivity index (χ4n) is 3.58. The molecule has 0 aliphatic carbocycles. The van der Waals surface area contributed by atoms with Gasteiger partial charge < -0.3 is 14.8 Å². The molecule has 0 aliphatic heterocycles. The Balaban J connectivity index is 1.72. The van der Waals surface area contributed by atoms with E-state index in [1.54, 1.807) is 48.5 Å². The van der Waals surface area contributed by atoms with Crippen molar-refractivity contribution in [2.75, 3.05) is 20.8 Å². The first-order valence-electron chi connectivity index (χ1n) is 11.4. The number of halogens is 3. The lowest BCUT2D eigenvalue weighted by molar-refractivity contribution is -0.137. The molecule has 38 heavy (non-hydrogen) atoms. The van der Waals surface area contributed by atoms with Gasteiger partial charge in [0.05, 0.1) is 24.7 Å². The van der Waals surface area contributed by atoms with Gasteiger partial charge >= 0.3 is 6.18 Å². The van der Waals surface area contributed by atoms with Crippen molar-refractivity contribution in [3.63, 3.8) is 0 Å². The van der Waals surface area contributed by atoms with Crippen molar-refractivity contribution in [3.8, 4) is 11.5 Å². The largest absolute Gasteiger partial charge is 0.493 e. The van der Waals surface area contributed by atoms with Crippen molar-refractivity contribution in [2.24, 2.45) is 0 Å². The zero-order chi connectivity index (χ0) is 27.8. The van der Waals surface area contributed by atoms with Gasteiger partial charge in [-0.2, -0.15) is 13.2 Å². The topological polar surface area (TPSA) is 93.7 Å². The van der Waals surface area contributed by atoms with E-state index in [-0.39, 0.29) is 17.9 Å². The molecule has 0 bridgehead atoms. The van der Waals surface area contributed by atoms with Crippen molar-refractivity contribution in [1.29, 1.82) is 0 Å². The van der Waals surface area contributed by atoms with Gasteiger partial charge in [-0.1, -0.05) is 36.4 Å². The van der Waals surface area contributed by atoms with Crippen LogP contribution in [0, 0.1) is 0 Å². The average molecular weight is 549 g/mol. The molecule has 3 aromatic carbocycles. The molecular formula is C27H27F3N2O5S. The third kappa shape index (κ3) is 8.09. The number of benzene rings is 3. The summed E-state index contributed by atoms with van der Waals surface area (Å²) in [5, 5.41) is 2.67. The highest BCUT2D eigenvalue weighted by Gasteiger charge is 2.31. The number of alkyl halides is 3. The number of carbonyl (C=O) groups is 1. The lowest BCUT2D eigenvalue weighted by atomic mass is 10.1. The molecule has 1 atom stereocenters. The van der Waals surface area contributed by atoms with E-state index in [4.69, 9.17) is 9.47 Å². The summed E-state index contributed by atoms with van der Waals surface area (Å²) in [4.78, 5) is 12.2. The Morgan fingerprint density at radius 3 is 2.21 bits per heavy atom. The first-order valence-corrected chi connectivity index (χ1v) is 12.9. The van der Waals surface area contributed by atoms with Gasteiger partial charge in [0.25, 0.3) is 0 Å². The molecule has 0 spiro atoms. The lowest BCUT2D eigenvalue weighted by Gasteiger charge is -2.19. The Labute approximate surface area is 219 Å². The molecule has 0 unspecified atom stereocenters. The minimum absolute atomic E-state index is 0.0656. The van der Waals surface area contributed by atoms with Crippen LogP contribution in [-0.2, 0) is 27.4 Å². The first-order chi connectivity index (χ1) is 18.0. The molecule has 202 valence electrons. The Bertz CT molecular complexity index is 1360. The Hall–Kier alpha value is -3.83. The van der Waals surface area contributed by atoms with Crippen LogP contribution in [0.1, 0.15) is 16.7 Å². The van der Waals surface area contributed by atoms with Gasteiger partial charge in [0.1, 0.15) is 0 Å². The third-order valence-electron chi connectivity index (χ3n) is 5.50. The average Bonchev–Trinajstić information content (AvgIpc) is 2.90. The lowest BCUT2D eigenvalue weighted by Crippen LogP contribution is -2.44. The smallest absolute Gasteiger partial charge is 0.416 e. The SMILES string of the molecule is COc1ccc(/C=C/C(=O)NC[C@H](Cc2ccccc2)NS(=O)(=O)c2ccc(C(F)(F)F)cc2)cc1OC. The Kier molecular flexibility index (Phi) is 9.54. The fourth-order valence-corrected chi connectivity index (χ4v) is 4.81. The van der Waals surface area contributed by atoms with Crippen LogP contribution in [-0.4, -0.2) is 41.1 Å². The minimum atomic E-state index is -4.58. The van der Waals surface area contributed by atoms with E-state index in [0.717, 1.165) is 17.7 Å². The number of carbonyl (C=O) groups excluding carboxylic acids is 1. The van der Waals surface area contributed by atoms with E-state index in [1.165, 1.54) is 20.3 Å². The molecule has 11 heteroatoms. The van der Waals surface area contributed by atoms with Crippen LogP contribution in [0.15, 0.2) is 83.8 Å². The van der Waals surface area contributed by atoms with Gasteiger partial charge in [-0.05, 0) is 60.0 Å². The predicted octanol–water partition coefficient (Wildman–Crippen LogP) is 4.44. The molecule has 3 rings (SSSR count). The van der Waals surface area contributed by atoms with Gasteiger partial charge in [-0.25, -0.2) is 13.1 Å². The number of rotatable bonds is 11. The number of hydrogen-bond acceptors (Lipinski definition) is 5. The number of methoxy groups -OCH3 is 2. The highest BCUT2D eigenvalue weighted by atomic mass is 32.2. The van der Waals surface area contributed by atoms with Crippen LogP contribution in [0.4, 0.5) is 13.2 Å². The highest BCUT2D eigenvalue weighted by molar-refractivity contribution is 7.89. The normalized spacial score (nSPS) is 12.8. The second kappa shape index (κ2) is 12.6. The molecule has 0 aromatic heterocycles. The summed E-state index contributed by atoms with van der Waals surface area (Å²) in [6.07, 6.45) is -1.48. The molecule has 0 saturated heterocycles. The van der Waals surface area contributed by atoms with E-state index >= 15 is 0 Å². The van der Waals surface area contributed by atoms with Crippen LogP contribution in [0.5, 0.6) is 11.5 Å². The van der Waals surface area contributed by atoms with E-state index in [9.17, 15) is 26.4 Å². The Morgan fingerprint density at radius 1 is 0.947 bits per heavy atom. The summed E-state index contributed by atoms with van der Waals surface area (Å²) in [7, 11) is -1.16. The summed E-state index contributed by atoms with van der Waals surface area (Å²) >= 11 is 0. The molecular weight excluding hydrogens is 521 g/mol. The molecule has 3 aromatic rings. The van der Waals surface area contributed by atoms with Crippen LogP contribution < -0.4 is 19.5 Å². The monoisotopic (exact) mass is 548 g/mol. The van der Waals surface area contributed by atoms with Crippen LogP contribution in [0.2, 0.25) is 0 Å². The maximum Gasteiger partial charge on any atom is 0.416 e. The number of sulfonamides is 1. The van der Waals surface area contributed by atoms with Crippen molar-refractivity contribution in [1.82, 2.24) is 10.0 Å². The third-order valence-corrected chi connectivity index (χ3v) is 7.03. The first kappa shape index (κ1) is 28.7. The molecule has 7 nitrogen and oxygen atoms in total. The molecule has 0 saturated carbocycles. The Morgan fingerprint density at radius 2 is 1.61 bits per heavy atom. The summed E-state index contributed by atoms with van der Waals surface area (Å²) in [5.74, 6) is 0.570. The maximum absolute atomic E-state index is 12.9. The van der Waals surface area contributed by atoms with Crippen LogP contribution in [0.25, 0.3) is 6.08 Å². The van der Waals surface area contributed by atoms with Gasteiger partial charge in [0, 0.05) is 18.7 Å². The predicted molar refractivity (Wildman–Crippen MR) is 137 cm³/mol. The van der Waals surface area contributed by atoms with Crippen LogP contribution in [0.3, 0.4) is 0 Å².